The molecule has 118 valence electrons. The molecule has 0 fully saturated rings. The van der Waals surface area contributed by atoms with E-state index in [1.807, 2.05) is 13.8 Å². The van der Waals surface area contributed by atoms with Gasteiger partial charge in [-0.2, -0.15) is 4.31 Å². The number of nitrogens with zero attached hydrogens (tertiary/aromatic N) is 2. The molecule has 1 rings (SSSR count). The quantitative estimate of drug-likeness (QED) is 0.507. The molecule has 2 N–H and O–H groups in total. The number of non-ortho nitro benzene ring substituents is 1. The molecule has 0 aliphatic rings. The Kier molecular flexibility index (Phi) is 4.90. The van der Waals surface area contributed by atoms with Crippen molar-refractivity contribution in [2.75, 3.05) is 12.8 Å². The predicted octanol–water partition coefficient (Wildman–Crippen LogP) is 1.98. The molecule has 0 saturated heterocycles. The van der Waals surface area contributed by atoms with Crippen molar-refractivity contribution >= 4 is 21.4 Å². The van der Waals surface area contributed by atoms with Crippen LogP contribution in [0.2, 0.25) is 0 Å². The van der Waals surface area contributed by atoms with E-state index in [0.29, 0.717) is 6.07 Å². The number of anilines is 1. The van der Waals surface area contributed by atoms with Crippen LogP contribution in [0.1, 0.15) is 20.8 Å². The van der Waals surface area contributed by atoms with E-state index in [9.17, 15) is 22.9 Å². The number of rotatable bonds is 5. The maximum Gasteiger partial charge on any atom is 0.274 e. The van der Waals surface area contributed by atoms with E-state index in [0.717, 1.165) is 10.4 Å². The second-order valence-corrected chi connectivity index (χ2v) is 7.04. The summed E-state index contributed by atoms with van der Waals surface area (Å²) in [6.45, 7) is 5.33. The molecular weight excluding hydrogens is 301 g/mol. The molecule has 1 atom stereocenters. The third kappa shape index (κ3) is 3.30. The summed E-state index contributed by atoms with van der Waals surface area (Å²) in [4.78, 5) is 9.05. The van der Waals surface area contributed by atoms with Crippen LogP contribution >= 0.6 is 0 Å². The fourth-order valence-corrected chi connectivity index (χ4v) is 3.39. The number of hydrogen-bond acceptors (Lipinski definition) is 5. The SMILES string of the molecule is CC(C)C(C)N(C)S(=O)(=O)c1c(N)cc([N+](=O)[O-])cc1F. The van der Waals surface area contributed by atoms with Gasteiger partial charge in [-0.25, -0.2) is 12.8 Å². The van der Waals surface area contributed by atoms with Crippen molar-refractivity contribution in [2.24, 2.45) is 5.92 Å². The van der Waals surface area contributed by atoms with Crippen LogP contribution in [0.25, 0.3) is 0 Å². The molecule has 1 unspecified atom stereocenters. The number of nitro benzene ring substituents is 1. The Bertz CT molecular complexity index is 637. The smallest absolute Gasteiger partial charge is 0.274 e. The van der Waals surface area contributed by atoms with Crippen LogP contribution in [0.15, 0.2) is 17.0 Å². The molecule has 1 aromatic rings. The molecule has 0 amide bonds. The normalized spacial score (nSPS) is 13.7. The predicted molar refractivity (Wildman–Crippen MR) is 76.7 cm³/mol. The molecule has 0 aliphatic carbocycles. The molecule has 0 aliphatic heterocycles. The highest BCUT2D eigenvalue weighted by Gasteiger charge is 2.32. The maximum atomic E-state index is 14.0. The van der Waals surface area contributed by atoms with Crippen molar-refractivity contribution in [2.45, 2.75) is 31.7 Å². The molecular formula is C12H18FN3O4S. The van der Waals surface area contributed by atoms with Gasteiger partial charge in [-0.3, -0.25) is 10.1 Å². The van der Waals surface area contributed by atoms with Crippen LogP contribution in [0.3, 0.4) is 0 Å². The number of nitrogen functional groups attached to an aromatic ring is 1. The van der Waals surface area contributed by atoms with Crippen molar-refractivity contribution in [3.05, 3.63) is 28.1 Å². The molecule has 0 bridgehead atoms. The number of hydrogen-bond donors (Lipinski definition) is 1. The minimum Gasteiger partial charge on any atom is -0.397 e. The highest BCUT2D eigenvalue weighted by molar-refractivity contribution is 7.89. The van der Waals surface area contributed by atoms with E-state index < -0.39 is 37.0 Å². The number of halogens is 1. The van der Waals surface area contributed by atoms with Crippen LogP contribution < -0.4 is 5.73 Å². The van der Waals surface area contributed by atoms with Crippen molar-refractivity contribution in [3.8, 4) is 0 Å². The van der Waals surface area contributed by atoms with Gasteiger partial charge in [0.25, 0.3) is 5.69 Å². The van der Waals surface area contributed by atoms with Crippen LogP contribution in [0, 0.1) is 21.8 Å². The molecule has 7 nitrogen and oxygen atoms in total. The van der Waals surface area contributed by atoms with Crippen LogP contribution in [0.5, 0.6) is 0 Å². The first-order chi connectivity index (χ1) is 9.50. The summed E-state index contributed by atoms with van der Waals surface area (Å²) in [5, 5.41) is 10.6. The van der Waals surface area contributed by atoms with Crippen molar-refractivity contribution in [1.29, 1.82) is 0 Å². The lowest BCUT2D eigenvalue weighted by Crippen LogP contribution is -2.38. The van der Waals surface area contributed by atoms with E-state index in [-0.39, 0.29) is 12.0 Å². The largest absolute Gasteiger partial charge is 0.397 e. The van der Waals surface area contributed by atoms with Gasteiger partial charge >= 0.3 is 0 Å². The topological polar surface area (TPSA) is 107 Å². The number of sulfonamides is 1. The Labute approximate surface area is 122 Å². The lowest BCUT2D eigenvalue weighted by atomic mass is 10.1. The maximum absolute atomic E-state index is 14.0. The molecule has 0 spiro atoms. The van der Waals surface area contributed by atoms with E-state index >= 15 is 0 Å². The fraction of sp³-hybridized carbons (Fsp3) is 0.500. The summed E-state index contributed by atoms with van der Waals surface area (Å²) in [6, 6.07) is 1.00. The number of nitrogens with two attached hydrogens (primary N) is 1. The van der Waals surface area contributed by atoms with Gasteiger partial charge in [0.2, 0.25) is 10.0 Å². The zero-order chi connectivity index (χ0) is 16.5. The highest BCUT2D eigenvalue weighted by Crippen LogP contribution is 2.30. The Balaban J connectivity index is 3.43. The minimum absolute atomic E-state index is 0.00658. The summed E-state index contributed by atoms with van der Waals surface area (Å²) in [5.74, 6) is -1.23. The number of benzene rings is 1. The van der Waals surface area contributed by atoms with Crippen LogP contribution in [-0.2, 0) is 10.0 Å². The Morgan fingerprint density at radius 1 is 1.33 bits per heavy atom. The average molecular weight is 319 g/mol. The van der Waals surface area contributed by atoms with Gasteiger partial charge in [0, 0.05) is 19.2 Å². The monoisotopic (exact) mass is 319 g/mol. The van der Waals surface area contributed by atoms with Gasteiger partial charge in [0.1, 0.15) is 4.90 Å². The van der Waals surface area contributed by atoms with Gasteiger partial charge in [-0.15, -0.1) is 0 Å². The first-order valence-corrected chi connectivity index (χ1v) is 7.65. The van der Waals surface area contributed by atoms with Gasteiger partial charge in [0.05, 0.1) is 16.7 Å². The zero-order valence-electron chi connectivity index (χ0n) is 12.2. The molecule has 1 aromatic carbocycles. The first-order valence-electron chi connectivity index (χ1n) is 6.21. The fourth-order valence-electron chi connectivity index (χ4n) is 1.76. The summed E-state index contributed by atoms with van der Waals surface area (Å²) < 4.78 is 39.9. The summed E-state index contributed by atoms with van der Waals surface area (Å²) >= 11 is 0. The highest BCUT2D eigenvalue weighted by atomic mass is 32.2. The minimum atomic E-state index is -4.18. The van der Waals surface area contributed by atoms with Gasteiger partial charge in [-0.1, -0.05) is 13.8 Å². The Morgan fingerprint density at radius 2 is 1.86 bits per heavy atom. The van der Waals surface area contributed by atoms with E-state index in [1.54, 1.807) is 6.92 Å². The van der Waals surface area contributed by atoms with E-state index in [4.69, 9.17) is 5.73 Å². The lowest BCUT2D eigenvalue weighted by Gasteiger charge is -2.27. The van der Waals surface area contributed by atoms with Gasteiger partial charge in [-0.05, 0) is 12.8 Å². The molecule has 0 radical (unpaired) electrons. The molecule has 0 saturated carbocycles. The van der Waals surface area contributed by atoms with Gasteiger partial charge in [0.15, 0.2) is 5.82 Å². The molecule has 0 heterocycles. The van der Waals surface area contributed by atoms with Gasteiger partial charge < -0.3 is 5.73 Å². The summed E-state index contributed by atoms with van der Waals surface area (Å²) in [6.07, 6.45) is 0. The molecule has 21 heavy (non-hydrogen) atoms. The second-order valence-electron chi connectivity index (χ2n) is 5.11. The van der Waals surface area contributed by atoms with E-state index in [1.165, 1.54) is 7.05 Å². The van der Waals surface area contributed by atoms with Crippen LogP contribution in [-0.4, -0.2) is 30.7 Å². The van der Waals surface area contributed by atoms with E-state index in [2.05, 4.69) is 0 Å². The average Bonchev–Trinajstić information content (AvgIpc) is 2.35. The third-order valence-corrected chi connectivity index (χ3v) is 5.48. The zero-order valence-corrected chi connectivity index (χ0v) is 13.0. The lowest BCUT2D eigenvalue weighted by molar-refractivity contribution is -0.385. The molecule has 0 aromatic heterocycles. The summed E-state index contributed by atoms with van der Waals surface area (Å²) in [7, 11) is -2.86. The van der Waals surface area contributed by atoms with Crippen molar-refractivity contribution < 1.29 is 17.7 Å². The van der Waals surface area contributed by atoms with Crippen LogP contribution in [0.4, 0.5) is 15.8 Å². The molecule has 9 heteroatoms. The number of nitro groups is 1. The third-order valence-electron chi connectivity index (χ3n) is 3.44. The van der Waals surface area contributed by atoms with Crippen molar-refractivity contribution in [3.63, 3.8) is 0 Å². The Hall–Kier alpha value is -1.74. The summed E-state index contributed by atoms with van der Waals surface area (Å²) in [5.41, 5.74) is 4.43. The Morgan fingerprint density at radius 3 is 2.24 bits per heavy atom. The standard InChI is InChI=1S/C12H18FN3O4S/c1-7(2)8(3)15(4)21(19,20)12-10(13)5-9(16(17)18)6-11(12)14/h5-8H,14H2,1-4H3. The first kappa shape index (κ1) is 17.3. The van der Waals surface area contributed by atoms with Crippen molar-refractivity contribution in [1.82, 2.24) is 4.31 Å². The second kappa shape index (κ2) is 5.94.